The summed E-state index contributed by atoms with van der Waals surface area (Å²) < 4.78 is 2.16. The van der Waals surface area contributed by atoms with Crippen molar-refractivity contribution < 1.29 is 4.79 Å². The van der Waals surface area contributed by atoms with Crippen molar-refractivity contribution in [2.75, 3.05) is 6.54 Å². The van der Waals surface area contributed by atoms with Crippen LogP contribution in [0, 0.1) is 13.8 Å². The number of hydrogen-bond acceptors (Lipinski definition) is 1. The molecule has 0 aliphatic carbocycles. The van der Waals surface area contributed by atoms with Crippen LogP contribution >= 0.6 is 11.6 Å². The average Bonchev–Trinajstić information content (AvgIpc) is 2.67. The third-order valence-electron chi connectivity index (χ3n) is 3.67. The van der Waals surface area contributed by atoms with Gasteiger partial charge in [0.15, 0.2) is 0 Å². The number of amides is 1. The van der Waals surface area contributed by atoms with E-state index in [1.54, 1.807) is 24.3 Å². The zero-order valence-corrected chi connectivity index (χ0v) is 12.8. The first kappa shape index (κ1) is 14.7. The van der Waals surface area contributed by atoms with E-state index in [2.05, 4.69) is 36.8 Å². The second-order valence-corrected chi connectivity index (χ2v) is 5.40. The van der Waals surface area contributed by atoms with Crippen LogP contribution in [0.25, 0.3) is 0 Å². The lowest BCUT2D eigenvalue weighted by molar-refractivity contribution is 0.0954. The molecule has 0 aliphatic heterocycles. The van der Waals surface area contributed by atoms with E-state index in [4.69, 9.17) is 11.6 Å². The highest BCUT2D eigenvalue weighted by atomic mass is 35.5. The lowest BCUT2D eigenvalue weighted by atomic mass is 10.1. The molecule has 1 amide bonds. The third kappa shape index (κ3) is 3.23. The summed E-state index contributed by atoms with van der Waals surface area (Å²) in [5, 5.41) is 3.57. The zero-order chi connectivity index (χ0) is 14.7. The molecule has 0 saturated heterocycles. The largest absolute Gasteiger partial charge is 0.352 e. The summed E-state index contributed by atoms with van der Waals surface area (Å²) >= 11 is 5.80. The summed E-state index contributed by atoms with van der Waals surface area (Å²) in [5.74, 6) is -0.0630. The minimum Gasteiger partial charge on any atom is -0.352 e. The molecule has 0 atom stereocenters. The first-order valence-electron chi connectivity index (χ1n) is 6.64. The van der Waals surface area contributed by atoms with Gasteiger partial charge in [0.2, 0.25) is 0 Å². The van der Waals surface area contributed by atoms with Crippen molar-refractivity contribution in [2.24, 2.45) is 7.05 Å². The van der Waals surface area contributed by atoms with Gasteiger partial charge in [0.05, 0.1) is 0 Å². The fourth-order valence-corrected chi connectivity index (χ4v) is 2.33. The molecule has 0 aliphatic rings. The van der Waals surface area contributed by atoms with Crippen molar-refractivity contribution in [3.63, 3.8) is 0 Å². The van der Waals surface area contributed by atoms with Gasteiger partial charge in [0.25, 0.3) is 5.91 Å². The highest BCUT2D eigenvalue weighted by molar-refractivity contribution is 6.30. The maximum atomic E-state index is 11.9. The molecule has 0 unspecified atom stereocenters. The van der Waals surface area contributed by atoms with E-state index in [1.165, 1.54) is 17.0 Å². The lowest BCUT2D eigenvalue weighted by Gasteiger charge is -2.06. The van der Waals surface area contributed by atoms with E-state index in [1.807, 2.05) is 0 Å². The van der Waals surface area contributed by atoms with Crippen molar-refractivity contribution in [1.82, 2.24) is 9.88 Å². The second kappa shape index (κ2) is 6.14. The third-order valence-corrected chi connectivity index (χ3v) is 3.92. The van der Waals surface area contributed by atoms with Crippen LogP contribution in [0.3, 0.4) is 0 Å². The Morgan fingerprint density at radius 3 is 2.45 bits per heavy atom. The summed E-state index contributed by atoms with van der Waals surface area (Å²) in [7, 11) is 2.06. The van der Waals surface area contributed by atoms with Crippen LogP contribution in [0.4, 0.5) is 0 Å². The quantitative estimate of drug-likeness (QED) is 0.921. The van der Waals surface area contributed by atoms with Crippen LogP contribution in [0.2, 0.25) is 5.02 Å². The zero-order valence-electron chi connectivity index (χ0n) is 12.0. The molecule has 4 heteroatoms. The average molecular weight is 291 g/mol. The summed E-state index contributed by atoms with van der Waals surface area (Å²) in [6.45, 7) is 4.82. The number of rotatable bonds is 4. The van der Waals surface area contributed by atoms with Crippen LogP contribution in [0.15, 0.2) is 30.3 Å². The summed E-state index contributed by atoms with van der Waals surface area (Å²) in [6.07, 6.45) is 0.840. The molecule has 1 aromatic heterocycles. The number of nitrogens with zero attached hydrogens (tertiary/aromatic N) is 1. The second-order valence-electron chi connectivity index (χ2n) is 4.97. The van der Waals surface area contributed by atoms with Gasteiger partial charge in [-0.05, 0) is 56.2 Å². The highest BCUT2D eigenvalue weighted by Crippen LogP contribution is 2.13. The predicted molar refractivity (Wildman–Crippen MR) is 82.4 cm³/mol. The molecule has 0 spiro atoms. The molecule has 0 bridgehead atoms. The molecule has 20 heavy (non-hydrogen) atoms. The Bertz CT molecular complexity index is 614. The highest BCUT2D eigenvalue weighted by Gasteiger charge is 2.08. The number of carbonyl (C=O) groups is 1. The van der Waals surface area contributed by atoms with Crippen LogP contribution in [-0.4, -0.2) is 17.0 Å². The van der Waals surface area contributed by atoms with E-state index in [9.17, 15) is 4.79 Å². The molecule has 2 rings (SSSR count). The van der Waals surface area contributed by atoms with Crippen molar-refractivity contribution in [3.8, 4) is 0 Å². The minimum absolute atomic E-state index is 0.0630. The molecule has 0 fully saturated rings. The van der Waals surface area contributed by atoms with Crippen molar-refractivity contribution in [3.05, 3.63) is 57.9 Å². The molecular weight excluding hydrogens is 272 g/mol. The number of carbonyl (C=O) groups excluding carboxylic acids is 1. The van der Waals surface area contributed by atoms with Gasteiger partial charge in [-0.15, -0.1) is 0 Å². The molecular formula is C16H19ClN2O. The van der Waals surface area contributed by atoms with E-state index in [0.29, 0.717) is 17.1 Å². The van der Waals surface area contributed by atoms with Gasteiger partial charge >= 0.3 is 0 Å². The Morgan fingerprint density at radius 2 is 1.90 bits per heavy atom. The molecule has 1 N–H and O–H groups in total. The predicted octanol–water partition coefficient (Wildman–Crippen LogP) is 3.27. The standard InChI is InChI=1S/C16H19ClN2O/c1-11-10-14(12(2)19(11)3)8-9-18-16(20)13-4-6-15(17)7-5-13/h4-7,10H,8-9H2,1-3H3,(H,18,20). The van der Waals surface area contributed by atoms with E-state index in [0.717, 1.165) is 6.42 Å². The van der Waals surface area contributed by atoms with Gasteiger partial charge < -0.3 is 9.88 Å². The van der Waals surface area contributed by atoms with Crippen molar-refractivity contribution in [1.29, 1.82) is 0 Å². The first-order chi connectivity index (χ1) is 9.49. The Hall–Kier alpha value is -1.74. The number of aromatic nitrogens is 1. The first-order valence-corrected chi connectivity index (χ1v) is 7.02. The smallest absolute Gasteiger partial charge is 0.251 e. The van der Waals surface area contributed by atoms with Gasteiger partial charge in [0.1, 0.15) is 0 Å². The maximum absolute atomic E-state index is 11.9. The van der Waals surface area contributed by atoms with Crippen LogP contribution in [0.1, 0.15) is 27.3 Å². The summed E-state index contributed by atoms with van der Waals surface area (Å²) in [5.41, 5.74) is 4.40. The molecule has 1 aromatic carbocycles. The van der Waals surface area contributed by atoms with Crippen LogP contribution in [0.5, 0.6) is 0 Å². The molecule has 2 aromatic rings. The number of hydrogen-bond donors (Lipinski definition) is 1. The number of nitrogens with one attached hydrogen (secondary N) is 1. The number of aryl methyl sites for hydroxylation is 1. The maximum Gasteiger partial charge on any atom is 0.251 e. The summed E-state index contributed by atoms with van der Waals surface area (Å²) in [4.78, 5) is 11.9. The van der Waals surface area contributed by atoms with Crippen LogP contribution in [-0.2, 0) is 13.5 Å². The van der Waals surface area contributed by atoms with Gasteiger partial charge in [-0.25, -0.2) is 0 Å². The number of benzene rings is 1. The van der Waals surface area contributed by atoms with Gasteiger partial charge in [-0.1, -0.05) is 11.6 Å². The topological polar surface area (TPSA) is 34.0 Å². The van der Waals surface area contributed by atoms with Gasteiger partial charge in [-0.3, -0.25) is 4.79 Å². The van der Waals surface area contributed by atoms with Crippen molar-refractivity contribution in [2.45, 2.75) is 20.3 Å². The number of halogens is 1. The Morgan fingerprint density at radius 1 is 1.25 bits per heavy atom. The Balaban J connectivity index is 1.91. The van der Waals surface area contributed by atoms with E-state index >= 15 is 0 Å². The van der Waals surface area contributed by atoms with E-state index in [-0.39, 0.29) is 5.91 Å². The van der Waals surface area contributed by atoms with Crippen molar-refractivity contribution >= 4 is 17.5 Å². The monoisotopic (exact) mass is 290 g/mol. The molecule has 3 nitrogen and oxygen atoms in total. The van der Waals surface area contributed by atoms with Gasteiger partial charge in [0, 0.05) is 35.6 Å². The van der Waals surface area contributed by atoms with E-state index < -0.39 is 0 Å². The molecule has 106 valence electrons. The molecule has 1 heterocycles. The SMILES string of the molecule is Cc1cc(CCNC(=O)c2ccc(Cl)cc2)c(C)n1C. The molecule has 0 saturated carbocycles. The molecule has 0 radical (unpaired) electrons. The minimum atomic E-state index is -0.0630. The van der Waals surface area contributed by atoms with Gasteiger partial charge in [-0.2, -0.15) is 0 Å². The normalized spacial score (nSPS) is 10.6. The fraction of sp³-hybridized carbons (Fsp3) is 0.312. The fourth-order valence-electron chi connectivity index (χ4n) is 2.20. The Kier molecular flexibility index (Phi) is 4.50. The summed E-state index contributed by atoms with van der Waals surface area (Å²) in [6, 6.07) is 9.08. The Labute approximate surface area is 124 Å². The van der Waals surface area contributed by atoms with Crippen LogP contribution < -0.4 is 5.32 Å². The lowest BCUT2D eigenvalue weighted by Crippen LogP contribution is -2.25.